The van der Waals surface area contributed by atoms with Gasteiger partial charge in [0.25, 0.3) is 0 Å². The zero-order valence-corrected chi connectivity index (χ0v) is 34.3. The van der Waals surface area contributed by atoms with Crippen molar-refractivity contribution >= 4 is 60.9 Å². The van der Waals surface area contributed by atoms with Crippen molar-refractivity contribution in [2.45, 2.75) is 0 Å². The van der Waals surface area contributed by atoms with Gasteiger partial charge in [0.05, 0.1) is 0 Å². The first-order valence-corrected chi connectivity index (χ1v) is 21.4. The molecule has 0 saturated carbocycles. The first kappa shape index (κ1) is 36.5. The van der Waals surface area contributed by atoms with E-state index in [9.17, 15) is 0 Å². The maximum atomic E-state index is 6.51. The van der Waals surface area contributed by atoms with E-state index in [4.69, 9.17) is 8.83 Å². The smallest absolute Gasteiger partial charge is 0.143 e. The predicted octanol–water partition coefficient (Wildman–Crippen LogP) is 17.3. The molecule has 0 radical (unpaired) electrons. The van der Waals surface area contributed by atoms with E-state index >= 15 is 0 Å². The number of fused-ring (bicyclic) bond motifs is 6. The maximum Gasteiger partial charge on any atom is 0.143 e. The van der Waals surface area contributed by atoms with E-state index in [1.807, 2.05) is 18.2 Å². The van der Waals surface area contributed by atoms with Crippen LogP contribution in [0.15, 0.2) is 245 Å². The fourth-order valence-corrected chi connectivity index (χ4v) is 9.18. The van der Waals surface area contributed by atoms with Gasteiger partial charge >= 0.3 is 0 Å². The van der Waals surface area contributed by atoms with Crippen molar-refractivity contribution in [3.63, 3.8) is 0 Å². The highest BCUT2D eigenvalue weighted by Crippen LogP contribution is 2.43. The van der Waals surface area contributed by atoms with Gasteiger partial charge in [-0.2, -0.15) is 0 Å². The Bertz CT molecular complexity index is 3590. The monoisotopic (exact) mass is 805 g/mol. The molecule has 0 saturated heterocycles. The number of benzene rings is 10. The summed E-state index contributed by atoms with van der Waals surface area (Å²) in [4.78, 5) is 2.36. The highest BCUT2D eigenvalue weighted by atomic mass is 16.3. The molecule has 63 heavy (non-hydrogen) atoms. The molecule has 2 heterocycles. The fraction of sp³-hybridized carbons (Fsp3) is 0. The molecule has 12 rings (SSSR count). The first-order valence-electron chi connectivity index (χ1n) is 21.4. The Kier molecular flexibility index (Phi) is 8.83. The number of hydrogen-bond acceptors (Lipinski definition) is 3. The molecule has 2 aromatic heterocycles. The van der Waals surface area contributed by atoms with Gasteiger partial charge in [-0.1, -0.05) is 170 Å². The van der Waals surface area contributed by atoms with Crippen LogP contribution in [0.2, 0.25) is 0 Å². The molecule has 0 unspecified atom stereocenters. The van der Waals surface area contributed by atoms with Crippen LogP contribution in [0.4, 0.5) is 17.1 Å². The lowest BCUT2D eigenvalue weighted by Crippen LogP contribution is -2.10. The second-order valence-electron chi connectivity index (χ2n) is 16.1. The number of anilines is 3. The third-order valence-electron chi connectivity index (χ3n) is 12.3. The molecule has 0 atom stereocenters. The van der Waals surface area contributed by atoms with Gasteiger partial charge in [0.1, 0.15) is 22.3 Å². The Hall–Kier alpha value is -8.40. The quantitative estimate of drug-likeness (QED) is 0.153. The second kappa shape index (κ2) is 15.3. The Labute approximate surface area is 365 Å². The lowest BCUT2D eigenvalue weighted by molar-refractivity contribution is 0.669. The third-order valence-corrected chi connectivity index (χ3v) is 12.3. The van der Waals surface area contributed by atoms with Crippen molar-refractivity contribution in [3.8, 4) is 55.6 Å². The number of rotatable bonds is 8. The van der Waals surface area contributed by atoms with Gasteiger partial charge in [0.2, 0.25) is 0 Å². The van der Waals surface area contributed by atoms with Crippen molar-refractivity contribution in [3.05, 3.63) is 237 Å². The molecule has 0 N–H and O–H groups in total. The van der Waals surface area contributed by atoms with Crippen molar-refractivity contribution < 1.29 is 8.83 Å². The molecule has 10 aromatic carbocycles. The van der Waals surface area contributed by atoms with Gasteiger partial charge in [0.15, 0.2) is 0 Å². The van der Waals surface area contributed by atoms with E-state index in [2.05, 4.69) is 223 Å². The number of nitrogens with zero attached hydrogens (tertiary/aromatic N) is 1. The van der Waals surface area contributed by atoms with Crippen LogP contribution in [-0.4, -0.2) is 0 Å². The molecular formula is C60H39NO2. The standard InChI is InChI=1S/C60H39NO2/c1-4-13-42(14-5-1)50-35-33-49(39-55(50)44-17-8-3-9-18-44)61(48-31-25-41(26-32-48)46-27-34-53-52-19-10-11-22-57(52)62-59(53)38-46)47-29-23-40(24-30-47)45-28-36-58-56(37-45)54-21-12-20-51(60(54)63-58)43-15-6-2-7-16-43/h1-39H. The summed E-state index contributed by atoms with van der Waals surface area (Å²) in [5.74, 6) is 0. The van der Waals surface area contributed by atoms with Crippen LogP contribution in [0.3, 0.4) is 0 Å². The van der Waals surface area contributed by atoms with Crippen LogP contribution < -0.4 is 4.90 Å². The number of furan rings is 2. The van der Waals surface area contributed by atoms with E-state index in [0.717, 1.165) is 94.3 Å². The van der Waals surface area contributed by atoms with E-state index in [-0.39, 0.29) is 0 Å². The second-order valence-corrected chi connectivity index (χ2v) is 16.1. The van der Waals surface area contributed by atoms with Crippen LogP contribution >= 0.6 is 0 Å². The highest BCUT2D eigenvalue weighted by molar-refractivity contribution is 6.11. The van der Waals surface area contributed by atoms with Crippen LogP contribution in [-0.2, 0) is 0 Å². The average molecular weight is 806 g/mol. The lowest BCUT2D eigenvalue weighted by Gasteiger charge is -2.27. The predicted molar refractivity (Wildman–Crippen MR) is 263 cm³/mol. The van der Waals surface area contributed by atoms with Gasteiger partial charge in [-0.25, -0.2) is 0 Å². The molecule has 12 aromatic rings. The topological polar surface area (TPSA) is 29.5 Å². The largest absolute Gasteiger partial charge is 0.456 e. The highest BCUT2D eigenvalue weighted by Gasteiger charge is 2.18. The van der Waals surface area contributed by atoms with Gasteiger partial charge < -0.3 is 13.7 Å². The molecule has 0 fully saturated rings. The summed E-state index contributed by atoms with van der Waals surface area (Å²) in [6.45, 7) is 0. The molecular weight excluding hydrogens is 767 g/mol. The minimum Gasteiger partial charge on any atom is -0.456 e. The van der Waals surface area contributed by atoms with E-state index in [1.54, 1.807) is 0 Å². The van der Waals surface area contributed by atoms with E-state index in [0.29, 0.717) is 0 Å². The zero-order chi connectivity index (χ0) is 41.7. The molecule has 3 nitrogen and oxygen atoms in total. The molecule has 0 spiro atoms. The van der Waals surface area contributed by atoms with Gasteiger partial charge in [-0.3, -0.25) is 0 Å². The maximum absolute atomic E-state index is 6.51. The zero-order valence-electron chi connectivity index (χ0n) is 34.3. The molecule has 0 amide bonds. The van der Waals surface area contributed by atoms with Gasteiger partial charge in [-0.05, 0) is 117 Å². The number of hydrogen-bond donors (Lipinski definition) is 0. The molecule has 296 valence electrons. The minimum absolute atomic E-state index is 0.883. The summed E-state index contributed by atoms with van der Waals surface area (Å²) in [6, 6.07) is 84.1. The summed E-state index contributed by atoms with van der Waals surface area (Å²) in [6.07, 6.45) is 0. The normalized spacial score (nSPS) is 11.5. The molecule has 0 aliphatic heterocycles. The SMILES string of the molecule is c1ccc(-c2ccc(N(c3ccc(-c4ccc5c(c4)oc4ccccc45)cc3)c3ccc(-c4ccc5oc6c(-c7ccccc7)cccc6c5c4)cc3)cc2-c2ccccc2)cc1. The van der Waals surface area contributed by atoms with Crippen molar-refractivity contribution in [1.82, 2.24) is 0 Å². The Balaban J connectivity index is 0.952. The Morgan fingerprint density at radius 3 is 1.43 bits per heavy atom. The summed E-state index contributed by atoms with van der Waals surface area (Å²) < 4.78 is 12.8. The lowest BCUT2D eigenvalue weighted by atomic mass is 9.93. The van der Waals surface area contributed by atoms with Crippen LogP contribution in [0.5, 0.6) is 0 Å². The Morgan fingerprint density at radius 1 is 0.238 bits per heavy atom. The summed E-state index contributed by atoms with van der Waals surface area (Å²) in [5, 5.41) is 4.49. The van der Waals surface area contributed by atoms with Crippen LogP contribution in [0.25, 0.3) is 99.5 Å². The van der Waals surface area contributed by atoms with Crippen molar-refractivity contribution in [2.75, 3.05) is 4.90 Å². The molecule has 0 bridgehead atoms. The summed E-state index contributed by atoms with van der Waals surface area (Å²) >= 11 is 0. The first-order chi connectivity index (χ1) is 31.2. The summed E-state index contributed by atoms with van der Waals surface area (Å²) in [5.41, 5.74) is 18.2. The molecule has 0 aliphatic carbocycles. The van der Waals surface area contributed by atoms with Crippen molar-refractivity contribution in [1.29, 1.82) is 0 Å². The van der Waals surface area contributed by atoms with Crippen LogP contribution in [0.1, 0.15) is 0 Å². The third kappa shape index (κ3) is 6.55. The fourth-order valence-electron chi connectivity index (χ4n) is 9.18. The van der Waals surface area contributed by atoms with Gasteiger partial charge in [-0.15, -0.1) is 0 Å². The molecule has 0 aliphatic rings. The van der Waals surface area contributed by atoms with Gasteiger partial charge in [0, 0.05) is 44.2 Å². The summed E-state index contributed by atoms with van der Waals surface area (Å²) in [7, 11) is 0. The average Bonchev–Trinajstić information content (AvgIpc) is 3.93. The minimum atomic E-state index is 0.883. The Morgan fingerprint density at radius 2 is 0.746 bits per heavy atom. The van der Waals surface area contributed by atoms with Crippen molar-refractivity contribution in [2.24, 2.45) is 0 Å². The van der Waals surface area contributed by atoms with E-state index < -0.39 is 0 Å². The number of para-hydroxylation sites is 2. The van der Waals surface area contributed by atoms with E-state index in [1.165, 1.54) is 22.3 Å². The van der Waals surface area contributed by atoms with Crippen LogP contribution in [0, 0.1) is 0 Å². The molecule has 3 heteroatoms.